The van der Waals surface area contributed by atoms with Gasteiger partial charge in [-0.05, 0) is 34.8 Å². The number of aromatic nitrogens is 2. The molecule has 0 atom stereocenters. The lowest BCUT2D eigenvalue weighted by Gasteiger charge is -2.47. The molecule has 2 amide bonds. The zero-order valence-electron chi connectivity index (χ0n) is 16.7. The van der Waals surface area contributed by atoms with Gasteiger partial charge < -0.3 is 9.80 Å². The summed E-state index contributed by atoms with van der Waals surface area (Å²) in [5.74, 6) is -0.377. The predicted molar refractivity (Wildman–Crippen MR) is 108 cm³/mol. The summed E-state index contributed by atoms with van der Waals surface area (Å²) in [6, 6.07) is 5.30. The van der Waals surface area contributed by atoms with Gasteiger partial charge in [-0.25, -0.2) is 4.63 Å². The Balaban J connectivity index is 1.17. The average Bonchev–Trinajstić information content (AvgIpc) is 3.41. The van der Waals surface area contributed by atoms with Gasteiger partial charge in [0.1, 0.15) is 6.20 Å². The van der Waals surface area contributed by atoms with Gasteiger partial charge in [0.2, 0.25) is 0 Å². The molecule has 2 fully saturated rings. The highest BCUT2D eigenvalue weighted by Gasteiger charge is 2.38. The summed E-state index contributed by atoms with van der Waals surface area (Å²) in [5, 5.41) is 7.42. The van der Waals surface area contributed by atoms with Crippen LogP contribution in [0.5, 0.6) is 0 Å². The number of amides is 2. The van der Waals surface area contributed by atoms with Gasteiger partial charge in [-0.1, -0.05) is 5.16 Å². The molecule has 2 aliphatic heterocycles. The van der Waals surface area contributed by atoms with Crippen LogP contribution in [0.4, 0.5) is 13.2 Å². The summed E-state index contributed by atoms with van der Waals surface area (Å²) in [6.45, 7) is 3.56. The lowest BCUT2D eigenvalue weighted by atomic mass is 10.1. The molecule has 0 saturated carbocycles. The Labute approximate surface area is 184 Å². The standard InChI is InChI=1S/C20H18F3N5O3S/c21-20(22,23)13-1-2-16-12(7-13)8-17(32-16)19(30)27-5-3-26(4-6-27)14-10-28(11-14)18(29)15-9-24-31-25-15/h1-2,7-9,14H,3-6,10-11H2. The molecule has 3 aromatic rings. The first-order valence-corrected chi connectivity index (χ1v) is 10.8. The molecule has 0 bridgehead atoms. The van der Waals surface area contributed by atoms with Crippen molar-refractivity contribution in [1.82, 2.24) is 25.0 Å². The summed E-state index contributed by atoms with van der Waals surface area (Å²) in [6.07, 6.45) is -3.12. The van der Waals surface area contributed by atoms with E-state index in [1.807, 2.05) is 0 Å². The van der Waals surface area contributed by atoms with Crippen LogP contribution in [0.25, 0.3) is 10.1 Å². The Morgan fingerprint density at radius 2 is 1.78 bits per heavy atom. The van der Waals surface area contributed by atoms with Crippen molar-refractivity contribution in [2.45, 2.75) is 12.2 Å². The van der Waals surface area contributed by atoms with Crippen molar-refractivity contribution >= 4 is 33.2 Å². The number of piperazine rings is 1. The summed E-state index contributed by atoms with van der Waals surface area (Å²) >= 11 is 1.21. The van der Waals surface area contributed by atoms with E-state index in [0.717, 1.165) is 12.1 Å². The van der Waals surface area contributed by atoms with Crippen molar-refractivity contribution in [3.05, 3.63) is 46.6 Å². The number of fused-ring (bicyclic) bond motifs is 1. The van der Waals surface area contributed by atoms with Crippen LogP contribution < -0.4 is 0 Å². The van der Waals surface area contributed by atoms with Crippen LogP contribution >= 0.6 is 11.3 Å². The van der Waals surface area contributed by atoms with Crippen LogP contribution in [0.2, 0.25) is 0 Å². The Kier molecular flexibility index (Phi) is 5.13. The third-order valence-electron chi connectivity index (χ3n) is 5.90. The number of carbonyl (C=O) groups is 2. The number of thiophene rings is 1. The van der Waals surface area contributed by atoms with Crippen LogP contribution in [0.15, 0.2) is 35.1 Å². The van der Waals surface area contributed by atoms with Gasteiger partial charge in [0.25, 0.3) is 11.8 Å². The SMILES string of the molecule is O=C(c1cnon1)N1CC(N2CCN(C(=O)c3cc4cc(C(F)(F)F)ccc4s3)CC2)C1. The molecule has 2 aliphatic rings. The summed E-state index contributed by atoms with van der Waals surface area (Å²) in [7, 11) is 0. The molecule has 5 rings (SSSR count). The van der Waals surface area contributed by atoms with Crippen LogP contribution in [0.1, 0.15) is 25.7 Å². The molecule has 168 valence electrons. The van der Waals surface area contributed by atoms with E-state index in [-0.39, 0.29) is 23.6 Å². The maximum atomic E-state index is 12.9. The van der Waals surface area contributed by atoms with Crippen molar-refractivity contribution in [3.63, 3.8) is 0 Å². The van der Waals surface area contributed by atoms with Gasteiger partial charge in [0.05, 0.1) is 10.4 Å². The van der Waals surface area contributed by atoms with E-state index in [1.165, 1.54) is 29.7 Å². The summed E-state index contributed by atoms with van der Waals surface area (Å²) in [4.78, 5) is 31.2. The van der Waals surface area contributed by atoms with E-state index in [4.69, 9.17) is 0 Å². The fraction of sp³-hybridized carbons (Fsp3) is 0.400. The van der Waals surface area contributed by atoms with Gasteiger partial charge in [0, 0.05) is 50.0 Å². The number of carbonyl (C=O) groups excluding carboxylic acids is 2. The van der Waals surface area contributed by atoms with Gasteiger partial charge in [-0.2, -0.15) is 13.2 Å². The minimum atomic E-state index is -4.41. The van der Waals surface area contributed by atoms with E-state index in [9.17, 15) is 22.8 Å². The lowest BCUT2D eigenvalue weighted by molar-refractivity contribution is -0.137. The molecule has 0 N–H and O–H groups in total. The molecule has 12 heteroatoms. The van der Waals surface area contributed by atoms with E-state index in [0.29, 0.717) is 54.2 Å². The number of alkyl halides is 3. The monoisotopic (exact) mass is 465 g/mol. The highest BCUT2D eigenvalue weighted by atomic mass is 32.1. The topological polar surface area (TPSA) is 82.8 Å². The number of hydrogen-bond acceptors (Lipinski definition) is 7. The Bertz CT molecular complexity index is 1150. The minimum Gasteiger partial charge on any atom is -0.335 e. The van der Waals surface area contributed by atoms with Crippen molar-refractivity contribution < 1.29 is 27.4 Å². The second kappa shape index (κ2) is 7.85. The van der Waals surface area contributed by atoms with Gasteiger partial charge >= 0.3 is 6.18 Å². The molecule has 8 nitrogen and oxygen atoms in total. The van der Waals surface area contributed by atoms with E-state index >= 15 is 0 Å². The quantitative estimate of drug-likeness (QED) is 0.592. The molecule has 0 aliphatic carbocycles. The first-order valence-electron chi connectivity index (χ1n) is 10.0. The molecular weight excluding hydrogens is 447 g/mol. The fourth-order valence-electron chi connectivity index (χ4n) is 4.04. The molecule has 0 radical (unpaired) electrons. The molecule has 4 heterocycles. The van der Waals surface area contributed by atoms with E-state index in [1.54, 1.807) is 9.80 Å². The predicted octanol–water partition coefficient (Wildman–Crippen LogP) is 2.59. The largest absolute Gasteiger partial charge is 0.416 e. The third-order valence-corrected chi connectivity index (χ3v) is 7.01. The van der Waals surface area contributed by atoms with Crippen LogP contribution in [0.3, 0.4) is 0 Å². The number of likely N-dealkylation sites (tertiary alicyclic amines) is 1. The van der Waals surface area contributed by atoms with Crippen LogP contribution in [-0.4, -0.2) is 82.1 Å². The first-order chi connectivity index (χ1) is 15.3. The fourth-order valence-corrected chi connectivity index (χ4v) is 5.06. The summed E-state index contributed by atoms with van der Waals surface area (Å²) < 4.78 is 43.9. The normalized spacial score (nSPS) is 18.2. The Morgan fingerprint density at radius 3 is 2.44 bits per heavy atom. The summed E-state index contributed by atoms with van der Waals surface area (Å²) in [5.41, 5.74) is -0.534. The molecule has 32 heavy (non-hydrogen) atoms. The van der Waals surface area contributed by atoms with E-state index < -0.39 is 11.7 Å². The number of hydrogen-bond donors (Lipinski definition) is 0. The molecule has 2 saturated heterocycles. The highest BCUT2D eigenvalue weighted by Crippen LogP contribution is 2.34. The molecule has 1 aromatic carbocycles. The van der Waals surface area contributed by atoms with Crippen LogP contribution in [0, 0.1) is 0 Å². The minimum absolute atomic E-state index is 0.164. The van der Waals surface area contributed by atoms with Crippen molar-refractivity contribution in [2.24, 2.45) is 0 Å². The molecule has 0 spiro atoms. The Morgan fingerprint density at radius 1 is 1.03 bits per heavy atom. The highest BCUT2D eigenvalue weighted by molar-refractivity contribution is 7.20. The zero-order chi connectivity index (χ0) is 22.5. The van der Waals surface area contributed by atoms with Crippen LogP contribution in [-0.2, 0) is 6.18 Å². The maximum absolute atomic E-state index is 12.9. The second-order valence-corrected chi connectivity index (χ2v) is 8.93. The Hall–Kier alpha value is -2.99. The van der Waals surface area contributed by atoms with Crippen molar-refractivity contribution in [1.29, 1.82) is 0 Å². The van der Waals surface area contributed by atoms with Gasteiger partial charge in [0.15, 0.2) is 5.69 Å². The molecule has 2 aromatic heterocycles. The lowest BCUT2D eigenvalue weighted by Crippen LogP contribution is -2.64. The molecular formula is C20H18F3N5O3S. The smallest absolute Gasteiger partial charge is 0.335 e. The van der Waals surface area contributed by atoms with Crippen molar-refractivity contribution in [3.8, 4) is 0 Å². The zero-order valence-corrected chi connectivity index (χ0v) is 17.5. The average molecular weight is 465 g/mol. The second-order valence-electron chi connectivity index (χ2n) is 7.85. The number of benzene rings is 1. The maximum Gasteiger partial charge on any atom is 0.416 e. The third kappa shape index (κ3) is 3.84. The number of halogens is 3. The number of rotatable bonds is 3. The first kappa shape index (κ1) is 20.9. The van der Waals surface area contributed by atoms with Crippen molar-refractivity contribution in [2.75, 3.05) is 39.3 Å². The number of nitrogens with zero attached hydrogens (tertiary/aromatic N) is 5. The van der Waals surface area contributed by atoms with E-state index in [2.05, 4.69) is 19.8 Å². The molecule has 0 unspecified atom stereocenters. The van der Waals surface area contributed by atoms with Gasteiger partial charge in [-0.3, -0.25) is 14.5 Å². The van der Waals surface area contributed by atoms with Gasteiger partial charge in [-0.15, -0.1) is 11.3 Å².